The Hall–Kier alpha value is -2.87. The molecular formula is C19H24FN5O2. The van der Waals surface area contributed by atoms with E-state index in [-0.39, 0.29) is 29.3 Å². The maximum Gasteiger partial charge on any atom is 0.252 e. The molecule has 1 amide bonds. The Morgan fingerprint density at radius 2 is 2.07 bits per heavy atom. The van der Waals surface area contributed by atoms with Gasteiger partial charge in [0.05, 0.1) is 12.7 Å². The molecule has 0 unspecified atom stereocenters. The van der Waals surface area contributed by atoms with E-state index in [1.54, 1.807) is 31.4 Å². The van der Waals surface area contributed by atoms with Crippen molar-refractivity contribution in [1.82, 2.24) is 4.98 Å². The van der Waals surface area contributed by atoms with Crippen molar-refractivity contribution in [3.63, 3.8) is 0 Å². The van der Waals surface area contributed by atoms with Crippen molar-refractivity contribution in [3.8, 4) is 5.75 Å². The molecule has 1 fully saturated rings. The zero-order chi connectivity index (χ0) is 19.6. The van der Waals surface area contributed by atoms with E-state index >= 15 is 0 Å². The van der Waals surface area contributed by atoms with E-state index < -0.39 is 11.7 Å². The molecule has 1 aromatic carbocycles. The van der Waals surface area contributed by atoms with Gasteiger partial charge in [-0.25, -0.2) is 9.37 Å². The van der Waals surface area contributed by atoms with Gasteiger partial charge in [0.25, 0.3) is 5.91 Å². The van der Waals surface area contributed by atoms with Crippen LogP contribution >= 0.6 is 0 Å². The lowest BCUT2D eigenvalue weighted by Gasteiger charge is -2.23. The highest BCUT2D eigenvalue weighted by molar-refractivity contribution is 5.98. The van der Waals surface area contributed by atoms with E-state index in [0.29, 0.717) is 17.4 Å². The third-order valence-corrected chi connectivity index (χ3v) is 4.57. The van der Waals surface area contributed by atoms with Gasteiger partial charge in [-0.2, -0.15) is 0 Å². The number of nitrogens with one attached hydrogen (secondary N) is 2. The molecule has 7 nitrogen and oxygen atoms in total. The van der Waals surface area contributed by atoms with Gasteiger partial charge in [0.2, 0.25) is 0 Å². The monoisotopic (exact) mass is 373 g/mol. The molecule has 6 N–H and O–H groups in total. The molecule has 2 atom stereocenters. The van der Waals surface area contributed by atoms with Crippen molar-refractivity contribution in [1.29, 1.82) is 0 Å². The van der Waals surface area contributed by atoms with E-state index in [1.807, 2.05) is 6.92 Å². The molecule has 2 aromatic rings. The van der Waals surface area contributed by atoms with Crippen LogP contribution in [0.2, 0.25) is 0 Å². The number of nitrogens with two attached hydrogens (primary N) is 2. The second-order valence-electron chi connectivity index (χ2n) is 6.80. The first kappa shape index (κ1) is 18.9. The topological polar surface area (TPSA) is 115 Å². The van der Waals surface area contributed by atoms with Gasteiger partial charge in [0, 0.05) is 23.8 Å². The Balaban J connectivity index is 1.94. The van der Waals surface area contributed by atoms with E-state index in [2.05, 4.69) is 15.6 Å². The van der Waals surface area contributed by atoms with Crippen LogP contribution in [0.15, 0.2) is 30.3 Å². The number of benzene rings is 1. The molecule has 0 saturated heterocycles. The molecule has 3 rings (SSSR count). The Morgan fingerprint density at radius 1 is 1.33 bits per heavy atom. The predicted octanol–water partition coefficient (Wildman–Crippen LogP) is 2.61. The second kappa shape index (κ2) is 7.79. The average Bonchev–Trinajstić information content (AvgIpc) is 3.46. The van der Waals surface area contributed by atoms with Crippen molar-refractivity contribution >= 4 is 23.2 Å². The molecule has 0 spiro atoms. The number of primary amides is 1. The normalized spacial score (nSPS) is 15.7. The fourth-order valence-corrected chi connectivity index (χ4v) is 3.00. The zero-order valence-electron chi connectivity index (χ0n) is 15.3. The average molecular weight is 373 g/mol. The van der Waals surface area contributed by atoms with Gasteiger partial charge in [-0.1, -0.05) is 6.07 Å². The molecular weight excluding hydrogens is 349 g/mol. The van der Waals surface area contributed by atoms with Gasteiger partial charge < -0.3 is 26.8 Å². The minimum Gasteiger partial charge on any atom is -0.497 e. The number of hydrogen-bond donors (Lipinski definition) is 4. The lowest BCUT2D eigenvalue weighted by molar-refractivity contribution is 0.100. The summed E-state index contributed by atoms with van der Waals surface area (Å²) < 4.78 is 19.7. The highest BCUT2D eigenvalue weighted by Crippen LogP contribution is 2.36. The number of ether oxygens (including phenoxy) is 1. The number of pyridine rings is 1. The minimum atomic E-state index is -0.774. The number of methoxy groups -OCH3 is 1. The van der Waals surface area contributed by atoms with Gasteiger partial charge in [-0.15, -0.1) is 0 Å². The lowest BCUT2D eigenvalue weighted by Crippen LogP contribution is -2.40. The fraction of sp³-hybridized carbons (Fsp3) is 0.368. The molecule has 0 aliphatic heterocycles. The standard InChI is InChI=1S/C19H24FN5O2/c1-10(21)16(11-6-7-11)24-19-15(20)9-14(17(22)26)18(25-19)23-12-4-3-5-13(8-12)27-2/h3-5,8-11,16H,6-7,21H2,1-2H3,(H2,22,26)(H2,23,24,25)/t10-,16-/m0/s1. The molecule has 8 heteroatoms. The molecule has 1 aromatic heterocycles. The SMILES string of the molecule is COc1cccc(Nc2nc(N[C@H](C3CC3)[C@H](C)N)c(F)cc2C(N)=O)c1. The highest BCUT2D eigenvalue weighted by atomic mass is 19.1. The maximum absolute atomic E-state index is 14.5. The lowest BCUT2D eigenvalue weighted by atomic mass is 10.1. The molecule has 0 radical (unpaired) electrons. The first-order chi connectivity index (χ1) is 12.9. The largest absolute Gasteiger partial charge is 0.497 e. The van der Waals surface area contributed by atoms with Gasteiger partial charge in [-0.3, -0.25) is 4.79 Å². The quantitative estimate of drug-likeness (QED) is 0.565. The summed E-state index contributed by atoms with van der Waals surface area (Å²) in [6, 6.07) is 7.92. The van der Waals surface area contributed by atoms with Crippen LogP contribution in [0.25, 0.3) is 0 Å². The first-order valence-corrected chi connectivity index (χ1v) is 8.82. The summed E-state index contributed by atoms with van der Waals surface area (Å²) in [5.41, 5.74) is 12.0. The number of carbonyl (C=O) groups excluding carboxylic acids is 1. The molecule has 1 aliphatic rings. The van der Waals surface area contributed by atoms with E-state index in [4.69, 9.17) is 16.2 Å². The Kier molecular flexibility index (Phi) is 5.46. The van der Waals surface area contributed by atoms with Gasteiger partial charge in [0.1, 0.15) is 11.6 Å². The molecule has 1 aliphatic carbocycles. The number of carbonyl (C=O) groups is 1. The van der Waals surface area contributed by atoms with E-state index in [9.17, 15) is 9.18 Å². The van der Waals surface area contributed by atoms with Gasteiger partial charge >= 0.3 is 0 Å². The van der Waals surface area contributed by atoms with Crippen LogP contribution in [0, 0.1) is 11.7 Å². The number of nitrogens with zero attached hydrogens (tertiary/aromatic N) is 1. The van der Waals surface area contributed by atoms with Crippen LogP contribution in [0.1, 0.15) is 30.1 Å². The van der Waals surface area contributed by atoms with Crippen LogP contribution in [-0.2, 0) is 0 Å². The van der Waals surface area contributed by atoms with Crippen LogP contribution in [0.5, 0.6) is 5.75 Å². The fourth-order valence-electron chi connectivity index (χ4n) is 3.00. The maximum atomic E-state index is 14.5. The summed E-state index contributed by atoms with van der Waals surface area (Å²) in [4.78, 5) is 16.0. The number of aromatic nitrogens is 1. The molecule has 0 bridgehead atoms. The van der Waals surface area contributed by atoms with Crippen LogP contribution in [0.3, 0.4) is 0 Å². The number of anilines is 3. The number of hydrogen-bond acceptors (Lipinski definition) is 6. The summed E-state index contributed by atoms with van der Waals surface area (Å²) in [5, 5.41) is 6.11. The summed E-state index contributed by atoms with van der Waals surface area (Å²) in [7, 11) is 1.55. The summed E-state index contributed by atoms with van der Waals surface area (Å²) in [6.07, 6.45) is 2.10. The van der Waals surface area contributed by atoms with Crippen LogP contribution in [-0.4, -0.2) is 30.1 Å². The molecule has 27 heavy (non-hydrogen) atoms. The highest BCUT2D eigenvalue weighted by Gasteiger charge is 2.34. The molecule has 1 heterocycles. The van der Waals surface area contributed by atoms with Crippen molar-refractivity contribution in [2.45, 2.75) is 31.8 Å². The Labute approximate surface area is 157 Å². The third-order valence-electron chi connectivity index (χ3n) is 4.57. The zero-order valence-corrected chi connectivity index (χ0v) is 15.3. The second-order valence-corrected chi connectivity index (χ2v) is 6.80. The summed E-state index contributed by atoms with van der Waals surface area (Å²) >= 11 is 0. The van der Waals surface area contributed by atoms with Gasteiger partial charge in [-0.05, 0) is 43.9 Å². The first-order valence-electron chi connectivity index (χ1n) is 8.82. The van der Waals surface area contributed by atoms with Crippen molar-refractivity contribution in [3.05, 3.63) is 41.7 Å². The minimum absolute atomic E-state index is 0.0374. The molecule has 1 saturated carbocycles. The third kappa shape index (κ3) is 4.46. The molecule has 144 valence electrons. The van der Waals surface area contributed by atoms with Crippen LogP contribution < -0.4 is 26.8 Å². The van der Waals surface area contributed by atoms with Crippen molar-refractivity contribution in [2.24, 2.45) is 17.4 Å². The number of amides is 1. The number of rotatable bonds is 8. The van der Waals surface area contributed by atoms with Gasteiger partial charge in [0.15, 0.2) is 11.6 Å². The Morgan fingerprint density at radius 3 is 2.67 bits per heavy atom. The van der Waals surface area contributed by atoms with Crippen molar-refractivity contribution in [2.75, 3.05) is 17.7 Å². The Bertz CT molecular complexity index is 837. The number of halogens is 1. The smallest absolute Gasteiger partial charge is 0.252 e. The summed E-state index contributed by atoms with van der Waals surface area (Å²) in [5.74, 6) is -0.183. The van der Waals surface area contributed by atoms with Crippen LogP contribution in [0.4, 0.5) is 21.7 Å². The van der Waals surface area contributed by atoms with E-state index in [0.717, 1.165) is 18.9 Å². The predicted molar refractivity (Wildman–Crippen MR) is 103 cm³/mol. The van der Waals surface area contributed by atoms with E-state index in [1.165, 1.54) is 0 Å². The van der Waals surface area contributed by atoms with Crippen molar-refractivity contribution < 1.29 is 13.9 Å². The summed E-state index contributed by atoms with van der Waals surface area (Å²) in [6.45, 7) is 1.88.